The van der Waals surface area contributed by atoms with Gasteiger partial charge in [0.05, 0.1) is 29.5 Å². The Bertz CT molecular complexity index is 1370. The Balaban J connectivity index is 1.24. The number of esters is 2. The van der Waals surface area contributed by atoms with E-state index in [9.17, 15) is 22.8 Å². The number of hydrogen-bond donors (Lipinski definition) is 1. The van der Waals surface area contributed by atoms with Gasteiger partial charge in [-0.15, -0.1) is 0 Å². The SMILES string of the molecule is Nc1nc2ccccc2c2c1ncn2CCOCCCc1ccc(C(=O)OC(=O)C(F)(F)F)cc1. The van der Waals surface area contributed by atoms with E-state index < -0.39 is 18.1 Å². The lowest BCUT2D eigenvalue weighted by Gasteiger charge is -2.09. The minimum absolute atomic E-state index is 0.140. The van der Waals surface area contributed by atoms with Crippen molar-refractivity contribution < 1.29 is 32.2 Å². The molecular weight excluding hydrogens is 465 g/mol. The molecule has 2 aromatic carbocycles. The Kier molecular flexibility index (Phi) is 6.97. The quantitative estimate of drug-likeness (QED) is 0.227. The summed E-state index contributed by atoms with van der Waals surface area (Å²) >= 11 is 0. The molecule has 0 fully saturated rings. The highest BCUT2D eigenvalue weighted by atomic mass is 19.4. The van der Waals surface area contributed by atoms with Crippen molar-refractivity contribution in [3.63, 3.8) is 0 Å². The fourth-order valence-corrected chi connectivity index (χ4v) is 3.63. The first-order chi connectivity index (χ1) is 16.7. The summed E-state index contributed by atoms with van der Waals surface area (Å²) in [6.45, 7) is 1.53. The third-order valence-electron chi connectivity index (χ3n) is 5.32. The van der Waals surface area contributed by atoms with E-state index in [4.69, 9.17) is 10.5 Å². The molecule has 0 amide bonds. The summed E-state index contributed by atoms with van der Waals surface area (Å²) in [5, 5.41) is 0.962. The van der Waals surface area contributed by atoms with Crippen molar-refractivity contribution in [2.75, 3.05) is 18.9 Å². The van der Waals surface area contributed by atoms with Gasteiger partial charge in [-0.2, -0.15) is 13.2 Å². The predicted octanol–water partition coefficient (Wildman–Crippen LogP) is 4.06. The van der Waals surface area contributed by atoms with Crippen LogP contribution in [0.2, 0.25) is 0 Å². The van der Waals surface area contributed by atoms with Crippen molar-refractivity contribution in [1.29, 1.82) is 0 Å². The summed E-state index contributed by atoms with van der Waals surface area (Å²) < 4.78 is 48.1. The molecule has 0 spiro atoms. The monoisotopic (exact) mass is 486 g/mol. The third kappa shape index (κ3) is 5.57. The van der Waals surface area contributed by atoms with E-state index in [0.717, 1.165) is 22.0 Å². The van der Waals surface area contributed by atoms with Gasteiger partial charge in [-0.25, -0.2) is 19.6 Å². The molecule has 35 heavy (non-hydrogen) atoms. The van der Waals surface area contributed by atoms with Crippen molar-refractivity contribution in [3.8, 4) is 0 Å². The smallest absolute Gasteiger partial charge is 0.383 e. The predicted molar refractivity (Wildman–Crippen MR) is 122 cm³/mol. The van der Waals surface area contributed by atoms with E-state index in [0.29, 0.717) is 43.9 Å². The number of fused-ring (bicyclic) bond motifs is 3. The minimum Gasteiger partial charge on any atom is -0.383 e. The van der Waals surface area contributed by atoms with Crippen LogP contribution in [-0.2, 0) is 27.2 Å². The summed E-state index contributed by atoms with van der Waals surface area (Å²) in [5.74, 6) is -3.51. The second-order valence-corrected chi connectivity index (χ2v) is 7.74. The maximum absolute atomic E-state index is 12.2. The second kappa shape index (κ2) is 10.1. The standard InChI is InChI=1S/C24H21F3N4O4/c25-24(26,27)23(33)35-22(32)16-9-7-15(8-10-16)4-3-12-34-13-11-31-14-29-19-20(31)17-5-1-2-6-18(17)30-21(19)28/h1-2,5-10,14H,3-4,11-13H2,(H2,28,30). The minimum atomic E-state index is -5.22. The van der Waals surface area contributed by atoms with E-state index in [1.54, 1.807) is 18.5 Å². The van der Waals surface area contributed by atoms with E-state index >= 15 is 0 Å². The molecule has 2 aromatic heterocycles. The zero-order valence-corrected chi connectivity index (χ0v) is 18.4. The Morgan fingerprint density at radius 1 is 1.03 bits per heavy atom. The van der Waals surface area contributed by atoms with Crippen molar-refractivity contribution in [1.82, 2.24) is 14.5 Å². The molecule has 0 aliphatic carbocycles. The number of nitrogens with zero attached hydrogens (tertiary/aromatic N) is 3. The lowest BCUT2D eigenvalue weighted by molar-refractivity contribution is -0.193. The van der Waals surface area contributed by atoms with Gasteiger partial charge in [-0.05, 0) is 36.6 Å². The maximum atomic E-state index is 12.2. The van der Waals surface area contributed by atoms with Crippen LogP contribution >= 0.6 is 0 Å². The number of para-hydroxylation sites is 1. The number of aryl methyl sites for hydroxylation is 1. The zero-order chi connectivity index (χ0) is 25.0. The maximum Gasteiger partial charge on any atom is 0.491 e. The Labute approximate surface area is 197 Å². The van der Waals surface area contributed by atoms with Crippen molar-refractivity contribution in [3.05, 3.63) is 66.0 Å². The number of benzene rings is 2. The van der Waals surface area contributed by atoms with Gasteiger partial charge in [0, 0.05) is 18.5 Å². The number of carbonyl (C=O) groups is 2. The van der Waals surface area contributed by atoms with Crippen LogP contribution in [0.5, 0.6) is 0 Å². The van der Waals surface area contributed by atoms with E-state index in [1.165, 1.54) is 12.1 Å². The number of pyridine rings is 1. The highest BCUT2D eigenvalue weighted by Crippen LogP contribution is 2.26. The number of aromatic nitrogens is 3. The normalized spacial score (nSPS) is 11.7. The highest BCUT2D eigenvalue weighted by molar-refractivity contribution is 6.06. The number of hydrogen-bond acceptors (Lipinski definition) is 7. The highest BCUT2D eigenvalue weighted by Gasteiger charge is 2.42. The van der Waals surface area contributed by atoms with Gasteiger partial charge < -0.3 is 19.8 Å². The van der Waals surface area contributed by atoms with Crippen LogP contribution in [0, 0.1) is 0 Å². The second-order valence-electron chi connectivity index (χ2n) is 7.74. The molecule has 0 saturated carbocycles. The van der Waals surface area contributed by atoms with E-state index in [2.05, 4.69) is 14.7 Å². The van der Waals surface area contributed by atoms with Gasteiger partial charge in [0.25, 0.3) is 0 Å². The zero-order valence-electron chi connectivity index (χ0n) is 18.4. The number of ether oxygens (including phenoxy) is 2. The van der Waals surface area contributed by atoms with Gasteiger partial charge in [-0.1, -0.05) is 30.3 Å². The van der Waals surface area contributed by atoms with Crippen LogP contribution in [0.3, 0.4) is 0 Å². The van der Waals surface area contributed by atoms with E-state index in [-0.39, 0.29) is 5.56 Å². The lowest BCUT2D eigenvalue weighted by atomic mass is 10.1. The number of carbonyl (C=O) groups excluding carboxylic acids is 2. The number of halogens is 3. The van der Waals surface area contributed by atoms with Crippen molar-refractivity contribution in [2.24, 2.45) is 0 Å². The summed E-state index contributed by atoms with van der Waals surface area (Å²) in [7, 11) is 0. The number of anilines is 1. The summed E-state index contributed by atoms with van der Waals surface area (Å²) in [4.78, 5) is 31.2. The third-order valence-corrected chi connectivity index (χ3v) is 5.32. The molecule has 0 saturated heterocycles. The number of nitrogens with two attached hydrogens (primary N) is 1. The number of imidazole rings is 1. The van der Waals surface area contributed by atoms with Gasteiger partial charge in [0.1, 0.15) is 5.52 Å². The molecule has 2 heterocycles. The average Bonchev–Trinajstić information content (AvgIpc) is 3.26. The van der Waals surface area contributed by atoms with Crippen LogP contribution in [0.25, 0.3) is 21.9 Å². The largest absolute Gasteiger partial charge is 0.491 e. The van der Waals surface area contributed by atoms with Crippen LogP contribution in [0.4, 0.5) is 19.0 Å². The number of rotatable bonds is 8. The first kappa shape index (κ1) is 24.1. The van der Waals surface area contributed by atoms with Crippen molar-refractivity contribution in [2.45, 2.75) is 25.6 Å². The number of alkyl halides is 3. The summed E-state index contributed by atoms with van der Waals surface area (Å²) in [6, 6.07) is 13.5. The van der Waals surface area contributed by atoms with Gasteiger partial charge in [0.15, 0.2) is 5.82 Å². The van der Waals surface area contributed by atoms with Crippen LogP contribution in [0.15, 0.2) is 54.9 Å². The van der Waals surface area contributed by atoms with Crippen LogP contribution in [-0.4, -0.2) is 45.9 Å². The summed E-state index contributed by atoms with van der Waals surface area (Å²) in [6.07, 6.45) is -2.18. The van der Waals surface area contributed by atoms with E-state index in [1.807, 2.05) is 28.8 Å². The molecule has 0 radical (unpaired) electrons. The fourth-order valence-electron chi connectivity index (χ4n) is 3.63. The van der Waals surface area contributed by atoms with Gasteiger partial charge >= 0.3 is 18.1 Å². The molecule has 0 atom stereocenters. The molecule has 8 nitrogen and oxygen atoms in total. The molecular formula is C24H21F3N4O4. The average molecular weight is 486 g/mol. The molecule has 0 aliphatic heterocycles. The molecule has 2 N–H and O–H groups in total. The van der Waals surface area contributed by atoms with Gasteiger partial charge in [-0.3, -0.25) is 0 Å². The molecule has 0 unspecified atom stereocenters. The van der Waals surface area contributed by atoms with Gasteiger partial charge in [0.2, 0.25) is 0 Å². The fraction of sp³-hybridized carbons (Fsp3) is 0.250. The van der Waals surface area contributed by atoms with Crippen molar-refractivity contribution >= 4 is 39.7 Å². The molecule has 0 aliphatic rings. The lowest BCUT2D eigenvalue weighted by Crippen LogP contribution is -2.28. The van der Waals surface area contributed by atoms with Crippen LogP contribution in [0.1, 0.15) is 22.3 Å². The molecule has 4 aromatic rings. The molecule has 0 bridgehead atoms. The molecule has 182 valence electrons. The summed E-state index contributed by atoms with van der Waals surface area (Å²) in [5.41, 5.74) is 9.13. The Hall–Kier alpha value is -3.99. The topological polar surface area (TPSA) is 109 Å². The Morgan fingerprint density at radius 3 is 2.51 bits per heavy atom. The van der Waals surface area contributed by atoms with Crippen LogP contribution < -0.4 is 5.73 Å². The molecule has 11 heteroatoms. The number of nitrogen functional groups attached to an aromatic ring is 1. The Morgan fingerprint density at radius 2 is 1.77 bits per heavy atom. The first-order valence-corrected chi connectivity index (χ1v) is 10.7. The molecule has 4 rings (SSSR count). The first-order valence-electron chi connectivity index (χ1n) is 10.7.